The van der Waals surface area contributed by atoms with Crippen LogP contribution in [-0.4, -0.2) is 36.6 Å². The van der Waals surface area contributed by atoms with Crippen LogP contribution in [-0.2, 0) is 16.1 Å². The van der Waals surface area contributed by atoms with Crippen LogP contribution in [0.1, 0.15) is 36.0 Å². The van der Waals surface area contributed by atoms with Crippen molar-refractivity contribution in [3.63, 3.8) is 0 Å². The first-order valence-electron chi connectivity index (χ1n) is 13.3. The van der Waals surface area contributed by atoms with Gasteiger partial charge in [0.25, 0.3) is 0 Å². The summed E-state index contributed by atoms with van der Waals surface area (Å²) in [6.07, 6.45) is -6.31. The first kappa shape index (κ1) is 31.4. The number of alkyl halides is 3. The second kappa shape index (κ2) is 14.1. The number of rotatable bonds is 10. The predicted octanol–water partition coefficient (Wildman–Crippen LogP) is 7.32. The molecular formula is C33H28F3NO5S. The van der Waals surface area contributed by atoms with Crippen molar-refractivity contribution in [1.82, 2.24) is 0 Å². The largest absolute Gasteiger partial charge is 0.491 e. The zero-order valence-electron chi connectivity index (χ0n) is 23.4. The van der Waals surface area contributed by atoms with E-state index in [1.165, 1.54) is 0 Å². The summed E-state index contributed by atoms with van der Waals surface area (Å²) in [6, 6.07) is 21.4. The number of carbonyl (C=O) groups excluding carboxylic acids is 1. The molecule has 6 nitrogen and oxygen atoms in total. The predicted molar refractivity (Wildman–Crippen MR) is 158 cm³/mol. The van der Waals surface area contributed by atoms with E-state index in [9.17, 15) is 23.1 Å². The number of thiophene rings is 1. The summed E-state index contributed by atoms with van der Waals surface area (Å²) in [7, 11) is 0. The number of aliphatic hydroxyl groups is 1. The number of hydrogen-bond donors (Lipinski definition) is 1. The van der Waals surface area contributed by atoms with Gasteiger partial charge in [-0.2, -0.15) is 18.4 Å². The number of aliphatic hydroxyl groups excluding tert-OH is 1. The zero-order chi connectivity index (χ0) is 31.0. The number of aryl methyl sites for hydroxylation is 1. The number of hydrogen-bond acceptors (Lipinski definition) is 7. The smallest absolute Gasteiger partial charge is 0.490 e. The first-order valence-corrected chi connectivity index (χ1v) is 14.2. The second-order valence-electron chi connectivity index (χ2n) is 9.75. The maximum atomic E-state index is 12.2. The molecule has 0 bridgehead atoms. The average Bonchev–Trinajstić information content (AvgIpc) is 3.40. The Labute approximate surface area is 251 Å². The molecule has 0 saturated heterocycles. The molecule has 0 saturated carbocycles. The number of carbonyl (C=O) groups is 1. The number of esters is 1. The van der Waals surface area contributed by atoms with Gasteiger partial charge in [-0.25, -0.2) is 4.79 Å². The summed E-state index contributed by atoms with van der Waals surface area (Å²) in [5.41, 5.74) is 4.99. The van der Waals surface area contributed by atoms with Crippen molar-refractivity contribution in [1.29, 1.82) is 5.26 Å². The molecular weight excluding hydrogens is 579 g/mol. The third-order valence-electron chi connectivity index (χ3n) is 6.48. The van der Waals surface area contributed by atoms with Crippen LogP contribution in [0.5, 0.6) is 11.5 Å². The van der Waals surface area contributed by atoms with Crippen LogP contribution >= 0.6 is 11.3 Å². The Morgan fingerprint density at radius 3 is 2.44 bits per heavy atom. The number of nitrogens with zero attached hydrogens (tertiary/aromatic N) is 1. The minimum absolute atomic E-state index is 0.0238. The van der Waals surface area contributed by atoms with Crippen molar-refractivity contribution in [2.75, 3.05) is 13.2 Å². The first-order chi connectivity index (χ1) is 20.5. The number of ether oxygens (including phenoxy) is 3. The van der Waals surface area contributed by atoms with Gasteiger partial charge in [0.15, 0.2) is 0 Å². The molecule has 0 aliphatic rings. The van der Waals surface area contributed by atoms with Gasteiger partial charge in [-0.3, -0.25) is 0 Å². The minimum atomic E-state index is -5.12. The highest BCUT2D eigenvalue weighted by Crippen LogP contribution is 2.37. The molecule has 2 atom stereocenters. The second-order valence-corrected chi connectivity index (χ2v) is 10.7. The van der Waals surface area contributed by atoms with E-state index in [1.807, 2.05) is 56.3 Å². The van der Waals surface area contributed by atoms with E-state index in [0.717, 1.165) is 43.7 Å². The van der Waals surface area contributed by atoms with Crippen molar-refractivity contribution in [2.45, 2.75) is 45.1 Å². The molecule has 222 valence electrons. The summed E-state index contributed by atoms with van der Waals surface area (Å²) in [5.74, 6) is 4.74. The van der Waals surface area contributed by atoms with E-state index < -0.39 is 24.9 Å². The highest BCUT2D eigenvalue weighted by molar-refractivity contribution is 7.17. The fourth-order valence-electron chi connectivity index (χ4n) is 4.24. The molecule has 0 aliphatic heterocycles. The van der Waals surface area contributed by atoms with Gasteiger partial charge >= 0.3 is 12.1 Å². The van der Waals surface area contributed by atoms with Gasteiger partial charge in [-0.15, -0.1) is 11.3 Å². The quantitative estimate of drug-likeness (QED) is 0.150. The normalized spacial score (nSPS) is 12.5. The van der Waals surface area contributed by atoms with Gasteiger partial charge < -0.3 is 19.3 Å². The summed E-state index contributed by atoms with van der Waals surface area (Å²) in [5, 5.41) is 21.6. The Morgan fingerprint density at radius 1 is 1.00 bits per heavy atom. The monoisotopic (exact) mass is 607 g/mol. The molecule has 1 N–H and O–H groups in total. The van der Waals surface area contributed by atoms with Crippen LogP contribution in [0.15, 0.2) is 66.0 Å². The van der Waals surface area contributed by atoms with Crippen molar-refractivity contribution < 1.29 is 37.3 Å². The van der Waals surface area contributed by atoms with Crippen molar-refractivity contribution in [2.24, 2.45) is 0 Å². The number of halogens is 3. The van der Waals surface area contributed by atoms with Gasteiger partial charge in [-0.05, 0) is 77.9 Å². The van der Waals surface area contributed by atoms with Crippen LogP contribution in [0.3, 0.4) is 0 Å². The van der Waals surface area contributed by atoms with Crippen LogP contribution in [0, 0.1) is 30.1 Å². The molecule has 4 rings (SSSR count). The van der Waals surface area contributed by atoms with Crippen molar-refractivity contribution in [3.8, 4) is 40.5 Å². The van der Waals surface area contributed by atoms with E-state index in [0.29, 0.717) is 12.4 Å². The Hall–Kier alpha value is -4.51. The molecule has 3 aromatic carbocycles. The molecule has 0 fully saturated rings. The Bertz CT molecular complexity index is 1680. The van der Waals surface area contributed by atoms with Gasteiger partial charge in [0, 0.05) is 21.6 Å². The summed E-state index contributed by atoms with van der Waals surface area (Å²) < 4.78 is 53.5. The lowest BCUT2D eigenvalue weighted by Crippen LogP contribution is -2.31. The molecule has 2 unspecified atom stereocenters. The number of fused-ring (bicyclic) bond motifs is 1. The molecule has 43 heavy (non-hydrogen) atoms. The molecule has 10 heteroatoms. The average molecular weight is 608 g/mol. The van der Waals surface area contributed by atoms with E-state index in [4.69, 9.17) is 14.7 Å². The van der Waals surface area contributed by atoms with Crippen LogP contribution in [0.4, 0.5) is 13.2 Å². The van der Waals surface area contributed by atoms with Crippen LogP contribution in [0.2, 0.25) is 0 Å². The lowest BCUT2D eigenvalue weighted by atomic mass is 9.99. The molecule has 0 aliphatic carbocycles. The zero-order valence-corrected chi connectivity index (χ0v) is 24.2. The van der Waals surface area contributed by atoms with Crippen molar-refractivity contribution in [3.05, 3.63) is 82.7 Å². The fraction of sp³-hybridized carbons (Fsp3) is 0.273. The van der Waals surface area contributed by atoms with Gasteiger partial charge in [0.1, 0.15) is 37.4 Å². The standard InChI is InChI=1S/C33H28F3NO5S/c1-21(5-3-4-14-37)24-7-9-26(10-8-24)40-17-23-6-13-31-29(16-23)30(20-43-31)28-12-11-27(15-22(28)2)41-18-25(38)19-42-32(39)33(34,35)36/h6-13,15-16,20-21,25,38H,4,17-19H2,1-2H3. The number of nitriles is 1. The van der Waals surface area contributed by atoms with E-state index in [2.05, 4.69) is 34.1 Å². The van der Waals surface area contributed by atoms with Gasteiger partial charge in [0.05, 0.1) is 12.5 Å². The third-order valence-corrected chi connectivity index (χ3v) is 7.44. The lowest BCUT2D eigenvalue weighted by molar-refractivity contribution is -0.202. The van der Waals surface area contributed by atoms with Crippen LogP contribution in [0.25, 0.3) is 21.2 Å². The third kappa shape index (κ3) is 8.51. The maximum Gasteiger partial charge on any atom is 0.490 e. The van der Waals surface area contributed by atoms with E-state index in [-0.39, 0.29) is 18.9 Å². The summed E-state index contributed by atoms with van der Waals surface area (Å²) in [4.78, 5) is 10.8. The van der Waals surface area contributed by atoms with Crippen molar-refractivity contribution >= 4 is 27.4 Å². The fourth-order valence-corrected chi connectivity index (χ4v) is 5.18. The van der Waals surface area contributed by atoms with Gasteiger partial charge in [-0.1, -0.05) is 36.1 Å². The Balaban J connectivity index is 1.39. The van der Waals surface area contributed by atoms with Crippen LogP contribution < -0.4 is 9.47 Å². The Morgan fingerprint density at radius 2 is 1.74 bits per heavy atom. The molecule has 0 spiro atoms. The molecule has 0 radical (unpaired) electrons. The molecule has 1 heterocycles. The summed E-state index contributed by atoms with van der Waals surface area (Å²) in [6.45, 7) is 3.13. The lowest BCUT2D eigenvalue weighted by Gasteiger charge is -2.15. The highest BCUT2D eigenvalue weighted by atomic mass is 32.1. The minimum Gasteiger partial charge on any atom is -0.491 e. The van der Waals surface area contributed by atoms with E-state index >= 15 is 0 Å². The SMILES string of the molecule is Cc1cc(OCC(O)COC(=O)C(F)(F)F)ccc1-c1csc2ccc(COc3ccc(C(C)C#CCC#N)cc3)cc12. The van der Waals surface area contributed by atoms with E-state index in [1.54, 1.807) is 23.5 Å². The highest BCUT2D eigenvalue weighted by Gasteiger charge is 2.41. The summed E-state index contributed by atoms with van der Waals surface area (Å²) >= 11 is 1.62. The molecule has 0 amide bonds. The number of benzene rings is 3. The topological polar surface area (TPSA) is 88.8 Å². The maximum absolute atomic E-state index is 12.2. The van der Waals surface area contributed by atoms with Gasteiger partial charge in [0.2, 0.25) is 0 Å². The molecule has 4 aromatic rings. The molecule has 1 aromatic heterocycles. The Kier molecular flexibility index (Phi) is 10.3.